The maximum Gasteiger partial charge on any atom is 0.242 e. The summed E-state index contributed by atoms with van der Waals surface area (Å²) in [4.78, 5) is 10.7. The number of fused-ring (bicyclic) bond motifs is 3. The second-order valence-corrected chi connectivity index (χ2v) is 12.8. The van der Waals surface area contributed by atoms with Crippen molar-refractivity contribution in [2.24, 2.45) is 11.8 Å². The van der Waals surface area contributed by atoms with E-state index in [1.54, 1.807) is 4.68 Å². The number of tetrazole rings is 1. The predicted molar refractivity (Wildman–Crippen MR) is 177 cm³/mol. The molecule has 8 nitrogen and oxygen atoms in total. The first-order chi connectivity index (χ1) is 20.9. The molecule has 43 heavy (non-hydrogen) atoms. The van der Waals surface area contributed by atoms with Gasteiger partial charge in [0.15, 0.2) is 0 Å². The molecule has 7 rings (SSSR count). The van der Waals surface area contributed by atoms with E-state index in [1.807, 2.05) is 24.3 Å². The first-order valence-corrected chi connectivity index (χ1v) is 15.9. The number of H-pyrrole nitrogens is 1. The fraction of sp³-hybridized carbons (Fsp3) is 0.441. The van der Waals surface area contributed by atoms with Crippen LogP contribution in [0.1, 0.15) is 62.0 Å². The van der Waals surface area contributed by atoms with Crippen molar-refractivity contribution in [3.05, 3.63) is 88.7 Å². The maximum atomic E-state index is 6.19. The molecule has 9 heteroatoms. The van der Waals surface area contributed by atoms with E-state index >= 15 is 0 Å². The van der Waals surface area contributed by atoms with Crippen LogP contribution < -0.4 is 15.3 Å². The van der Waals surface area contributed by atoms with Crippen LogP contribution in [0.3, 0.4) is 0 Å². The first kappa shape index (κ1) is 29.4. The topological polar surface area (TPSA) is 74.2 Å². The van der Waals surface area contributed by atoms with Gasteiger partial charge < -0.3 is 9.80 Å². The number of likely N-dealkylation sites (N-methyl/N-ethyl adjacent to an activating group) is 1. The minimum atomic E-state index is 0.000477. The van der Waals surface area contributed by atoms with Gasteiger partial charge >= 0.3 is 0 Å². The molecule has 1 heterocycles. The van der Waals surface area contributed by atoms with E-state index in [1.165, 1.54) is 48.2 Å². The highest BCUT2D eigenvalue weighted by Crippen LogP contribution is 2.57. The zero-order chi connectivity index (χ0) is 29.9. The Morgan fingerprint density at radius 1 is 0.907 bits per heavy atom. The molecule has 2 N–H and O–H groups in total. The number of benzene rings is 3. The molecule has 0 spiro atoms. The highest BCUT2D eigenvalue weighted by atomic mass is 32.1. The van der Waals surface area contributed by atoms with Crippen LogP contribution in [-0.4, -0.2) is 54.0 Å². The predicted octanol–water partition coefficient (Wildman–Crippen LogP) is 7.34. The Morgan fingerprint density at radius 2 is 1.53 bits per heavy atom. The Balaban J connectivity index is 1.16. The van der Waals surface area contributed by atoms with E-state index in [0.29, 0.717) is 16.6 Å². The van der Waals surface area contributed by atoms with E-state index in [-0.39, 0.29) is 6.10 Å². The molecule has 3 aliphatic carbocycles. The van der Waals surface area contributed by atoms with Gasteiger partial charge in [-0.2, -0.15) is 5.21 Å². The average molecular weight is 598 g/mol. The fourth-order valence-electron chi connectivity index (χ4n) is 7.27. The number of nitrogens with one attached hydrogen (secondary N) is 2. The Bertz CT molecular complexity index is 1570. The van der Waals surface area contributed by atoms with E-state index in [4.69, 9.17) is 17.1 Å². The van der Waals surface area contributed by atoms with Crippen molar-refractivity contribution in [2.75, 3.05) is 43.0 Å². The van der Waals surface area contributed by atoms with Gasteiger partial charge in [-0.25, -0.2) is 4.68 Å². The highest BCUT2D eigenvalue weighted by molar-refractivity contribution is 7.71. The molecule has 3 atom stereocenters. The Labute approximate surface area is 260 Å². The number of nitrogens with zero attached hydrogens (tertiary/aromatic N) is 5. The molecule has 0 amide bonds. The van der Waals surface area contributed by atoms with Gasteiger partial charge in [-0.15, -0.1) is 0 Å². The Morgan fingerprint density at radius 3 is 2.14 bits per heavy atom. The van der Waals surface area contributed by atoms with Crippen molar-refractivity contribution < 1.29 is 4.84 Å². The summed E-state index contributed by atoms with van der Waals surface area (Å²) in [5.74, 6) is 2.64. The summed E-state index contributed by atoms with van der Waals surface area (Å²) in [6.45, 7) is 2.93. The van der Waals surface area contributed by atoms with Crippen LogP contribution in [0, 0.1) is 16.6 Å². The lowest BCUT2D eigenvalue weighted by Crippen LogP contribution is -2.37. The molecule has 3 fully saturated rings. The molecular formula is C34H43N7OS. The second kappa shape index (κ2) is 12.9. The van der Waals surface area contributed by atoms with Gasteiger partial charge in [-0.3, -0.25) is 10.3 Å². The van der Waals surface area contributed by atoms with Crippen molar-refractivity contribution in [1.82, 2.24) is 20.2 Å². The monoisotopic (exact) mass is 597 g/mol. The largest absolute Gasteiger partial charge is 0.378 e. The molecular weight excluding hydrogens is 554 g/mol. The van der Waals surface area contributed by atoms with Gasteiger partial charge in [0.25, 0.3) is 0 Å². The first-order valence-electron chi connectivity index (χ1n) is 15.5. The summed E-state index contributed by atoms with van der Waals surface area (Å²) < 4.78 is 2.03. The van der Waals surface area contributed by atoms with Gasteiger partial charge in [0.2, 0.25) is 4.77 Å². The van der Waals surface area contributed by atoms with E-state index in [9.17, 15) is 0 Å². The van der Waals surface area contributed by atoms with Gasteiger partial charge in [0, 0.05) is 39.1 Å². The maximum absolute atomic E-state index is 6.19. The highest BCUT2D eigenvalue weighted by Gasteiger charge is 2.45. The molecule has 226 valence electrons. The van der Waals surface area contributed by atoms with Crippen LogP contribution in [0.2, 0.25) is 0 Å². The standard InChI is InChI=1S/C34H43N7OS/c1-5-31(42-36-27-11-8-14-30(21-27)41-34(43)35-37-38-41)22-40(4)29-13-7-10-26(20-29)33-24-17-15-23(16-18-24)32(33)25-9-6-12-28(19-25)39(2)3/h6-14,19-21,23-24,31-33,36H,5,15-18,22H2,1-4H3,(H,35,38,43). The van der Waals surface area contributed by atoms with Crippen LogP contribution in [0.4, 0.5) is 17.1 Å². The molecule has 1 aromatic heterocycles. The van der Waals surface area contributed by atoms with Crippen LogP contribution in [0.25, 0.3) is 5.69 Å². The van der Waals surface area contributed by atoms with Crippen molar-refractivity contribution in [2.45, 2.75) is 57.0 Å². The molecule has 0 radical (unpaired) electrons. The lowest BCUT2D eigenvalue weighted by atomic mass is 9.55. The molecule has 2 bridgehead atoms. The summed E-state index contributed by atoms with van der Waals surface area (Å²) >= 11 is 5.24. The minimum absolute atomic E-state index is 0.000477. The van der Waals surface area contributed by atoms with Gasteiger partial charge in [0.05, 0.1) is 11.4 Å². The van der Waals surface area contributed by atoms with E-state index in [0.717, 1.165) is 36.2 Å². The molecule has 4 aromatic rings. The minimum Gasteiger partial charge on any atom is -0.378 e. The average Bonchev–Trinajstić information content (AvgIpc) is 3.49. The van der Waals surface area contributed by atoms with Crippen LogP contribution >= 0.6 is 12.2 Å². The van der Waals surface area contributed by atoms with Crippen LogP contribution in [0.5, 0.6) is 0 Å². The summed E-state index contributed by atoms with van der Waals surface area (Å²) in [5.41, 5.74) is 10.4. The van der Waals surface area contributed by atoms with Crippen molar-refractivity contribution >= 4 is 29.3 Å². The third kappa shape index (κ3) is 6.33. The molecule has 3 aromatic carbocycles. The van der Waals surface area contributed by atoms with Crippen molar-refractivity contribution in [1.29, 1.82) is 0 Å². The Hall–Kier alpha value is -3.69. The third-order valence-electron chi connectivity index (χ3n) is 9.54. The molecule has 0 aliphatic heterocycles. The quantitative estimate of drug-likeness (QED) is 0.138. The zero-order valence-corrected chi connectivity index (χ0v) is 26.4. The lowest BCUT2D eigenvalue weighted by molar-refractivity contribution is 0.102. The number of aromatic nitrogens is 4. The van der Waals surface area contributed by atoms with E-state index in [2.05, 4.69) is 107 Å². The lowest BCUT2D eigenvalue weighted by Gasteiger charge is -2.49. The van der Waals surface area contributed by atoms with Gasteiger partial charge in [-0.05, 0) is 122 Å². The fourth-order valence-corrected chi connectivity index (χ4v) is 7.46. The molecule has 0 saturated heterocycles. The third-order valence-corrected chi connectivity index (χ3v) is 9.80. The van der Waals surface area contributed by atoms with Crippen molar-refractivity contribution in [3.63, 3.8) is 0 Å². The summed E-state index contributed by atoms with van der Waals surface area (Å²) in [6.07, 6.45) is 6.29. The summed E-state index contributed by atoms with van der Waals surface area (Å²) in [7, 11) is 6.44. The number of anilines is 3. The van der Waals surface area contributed by atoms with Gasteiger partial charge in [0.1, 0.15) is 6.10 Å². The van der Waals surface area contributed by atoms with Crippen LogP contribution in [-0.2, 0) is 4.84 Å². The number of rotatable bonds is 11. The smallest absolute Gasteiger partial charge is 0.242 e. The van der Waals surface area contributed by atoms with E-state index < -0.39 is 0 Å². The Kier molecular flexibility index (Phi) is 8.81. The number of hydrogen-bond donors (Lipinski definition) is 2. The normalized spacial score (nSPS) is 21.9. The number of aromatic amines is 1. The molecule has 3 saturated carbocycles. The van der Waals surface area contributed by atoms with Gasteiger partial charge in [-0.1, -0.05) is 47.6 Å². The number of hydrogen-bond acceptors (Lipinski definition) is 7. The zero-order valence-electron chi connectivity index (χ0n) is 25.6. The van der Waals surface area contributed by atoms with Crippen molar-refractivity contribution in [3.8, 4) is 5.69 Å². The molecule has 3 aliphatic rings. The summed E-state index contributed by atoms with van der Waals surface area (Å²) in [5, 5.41) is 10.4. The SMILES string of the molecule is CCC(CN(C)c1cccc(C2C3CCC(CC3)C2c2cccc(N(C)C)c2)c1)ONc1cccc(-n2[nH]nnc2=S)c1. The second-order valence-electron chi connectivity index (χ2n) is 12.4. The van der Waals surface area contributed by atoms with Crippen LogP contribution in [0.15, 0.2) is 72.8 Å². The molecule has 3 unspecified atom stereocenters. The summed E-state index contributed by atoms with van der Waals surface area (Å²) in [6, 6.07) is 26.4.